The summed E-state index contributed by atoms with van der Waals surface area (Å²) in [6.07, 6.45) is -1.08. The minimum Gasteiger partial charge on any atom is -0.466 e. The summed E-state index contributed by atoms with van der Waals surface area (Å²) in [5, 5.41) is 14.2. The second-order valence-corrected chi connectivity index (χ2v) is 9.03. The van der Waals surface area contributed by atoms with Crippen molar-refractivity contribution in [2.75, 3.05) is 6.61 Å². The van der Waals surface area contributed by atoms with Gasteiger partial charge in [0, 0.05) is 19.3 Å². The van der Waals surface area contributed by atoms with E-state index in [1.54, 1.807) is 6.92 Å². The monoisotopic (exact) mass is 526 g/mol. The van der Waals surface area contributed by atoms with Gasteiger partial charge in [0.05, 0.1) is 36.7 Å². The Bertz CT molecular complexity index is 1250. The molecule has 0 radical (unpaired) electrons. The van der Waals surface area contributed by atoms with Crippen LogP contribution in [0.25, 0.3) is 5.65 Å². The van der Waals surface area contributed by atoms with Crippen molar-refractivity contribution in [2.45, 2.75) is 70.3 Å². The summed E-state index contributed by atoms with van der Waals surface area (Å²) in [7, 11) is 0. The van der Waals surface area contributed by atoms with Gasteiger partial charge in [-0.15, -0.1) is 0 Å². The smallest absolute Gasteiger partial charge is 0.313 e. The first-order chi connectivity index (χ1) is 17.6. The zero-order chi connectivity index (χ0) is 26.7. The van der Waals surface area contributed by atoms with Crippen molar-refractivity contribution in [3.05, 3.63) is 41.1 Å². The molecule has 1 amide bonds. The molecule has 3 aromatic rings. The molecule has 1 aliphatic carbocycles. The number of fused-ring (bicyclic) bond motifs is 1. The fraction of sp³-hybridized carbons (Fsp3) is 0.565. The van der Waals surface area contributed by atoms with Crippen LogP contribution in [0.2, 0.25) is 0 Å². The second kappa shape index (κ2) is 10.8. The van der Waals surface area contributed by atoms with Gasteiger partial charge in [0.2, 0.25) is 12.3 Å². The zero-order valence-electron chi connectivity index (χ0n) is 20.2. The fourth-order valence-electron chi connectivity index (χ4n) is 4.52. The number of hydrogen-bond acceptors (Lipinski definition) is 8. The molecule has 1 aliphatic rings. The van der Waals surface area contributed by atoms with E-state index in [0.29, 0.717) is 5.69 Å². The zero-order valence-corrected chi connectivity index (χ0v) is 20.2. The lowest BCUT2D eigenvalue weighted by Crippen LogP contribution is -2.37. The van der Waals surface area contributed by atoms with Gasteiger partial charge in [0.15, 0.2) is 11.3 Å². The molecular formula is C23H26F4N6O4. The first-order valence-electron chi connectivity index (χ1n) is 11.9. The highest BCUT2D eigenvalue weighted by Gasteiger charge is 2.40. The van der Waals surface area contributed by atoms with E-state index in [1.807, 2.05) is 0 Å². The van der Waals surface area contributed by atoms with Gasteiger partial charge in [-0.25, -0.2) is 31.7 Å². The number of alkyl halides is 4. The van der Waals surface area contributed by atoms with Gasteiger partial charge in [-0.1, -0.05) is 5.16 Å². The average Bonchev–Trinajstić information content (AvgIpc) is 3.46. The van der Waals surface area contributed by atoms with E-state index in [0.717, 1.165) is 0 Å². The summed E-state index contributed by atoms with van der Waals surface area (Å²) in [5.41, 5.74) is 0.988. The van der Waals surface area contributed by atoms with E-state index in [4.69, 9.17) is 4.74 Å². The van der Waals surface area contributed by atoms with Crippen LogP contribution in [-0.2, 0) is 9.53 Å². The van der Waals surface area contributed by atoms with E-state index < -0.39 is 42.6 Å². The maximum Gasteiger partial charge on any atom is 0.313 e. The molecule has 0 aliphatic heterocycles. The molecule has 0 aromatic carbocycles. The van der Waals surface area contributed by atoms with Crippen LogP contribution in [0.15, 0.2) is 23.1 Å². The molecule has 2 atom stereocenters. The first kappa shape index (κ1) is 26.5. The molecule has 0 spiro atoms. The lowest BCUT2D eigenvalue weighted by Gasteiger charge is -2.33. The molecule has 0 saturated heterocycles. The highest BCUT2D eigenvalue weighted by atomic mass is 19.3. The van der Waals surface area contributed by atoms with Gasteiger partial charge >= 0.3 is 5.97 Å². The van der Waals surface area contributed by atoms with Crippen LogP contribution in [0.1, 0.15) is 78.4 Å². The van der Waals surface area contributed by atoms with Crippen molar-refractivity contribution >= 4 is 17.5 Å². The SMILES string of the molecule is CCOC(=O)C(CC(F)F)c1cnn2cc([C@@H](NC(=O)c3nonc3C)C3CCC(F)(F)CC3)nc2c1. The number of rotatable bonds is 9. The number of hydrogen-bond donors (Lipinski definition) is 1. The standard InChI is InChI=1S/C23H26F4N6O4/c1-3-36-22(35)15(9-17(24)25)14-8-18-29-16(11-33(18)28-10-14)20(13-4-6-23(26,27)7-5-13)30-21(34)19-12(2)31-37-32-19/h8,10-11,13,15,17,20H,3-7,9H2,1-2H3,(H,30,34)/t15?,20-/m0/s1. The van der Waals surface area contributed by atoms with Crippen LogP contribution < -0.4 is 5.32 Å². The minimum atomic E-state index is -2.78. The highest BCUT2D eigenvalue weighted by Crippen LogP contribution is 2.41. The molecule has 1 N–H and O–H groups in total. The second-order valence-electron chi connectivity index (χ2n) is 9.03. The molecule has 1 fully saturated rings. The van der Waals surface area contributed by atoms with Gasteiger partial charge in [-0.2, -0.15) is 5.10 Å². The number of esters is 1. The maximum absolute atomic E-state index is 13.8. The van der Waals surface area contributed by atoms with Crippen molar-refractivity contribution in [3.63, 3.8) is 0 Å². The van der Waals surface area contributed by atoms with E-state index in [2.05, 4.69) is 30.3 Å². The number of carbonyl (C=O) groups excluding carboxylic acids is 2. The number of aryl methyl sites for hydroxylation is 1. The number of nitrogens with zero attached hydrogens (tertiary/aromatic N) is 5. The summed E-state index contributed by atoms with van der Waals surface area (Å²) in [4.78, 5) is 29.7. The van der Waals surface area contributed by atoms with Crippen LogP contribution in [-0.4, -0.2) is 55.7 Å². The molecule has 1 unspecified atom stereocenters. The Morgan fingerprint density at radius 1 is 1.27 bits per heavy atom. The molecule has 14 heteroatoms. The van der Waals surface area contributed by atoms with Gasteiger partial charge in [-0.05, 0) is 49.4 Å². The Morgan fingerprint density at radius 2 is 2.00 bits per heavy atom. The Balaban J connectivity index is 1.67. The summed E-state index contributed by atoms with van der Waals surface area (Å²) in [5.74, 6) is -5.79. The van der Waals surface area contributed by atoms with Crippen molar-refractivity contribution in [1.29, 1.82) is 0 Å². The third-order valence-corrected chi connectivity index (χ3v) is 6.45. The Morgan fingerprint density at radius 3 is 2.62 bits per heavy atom. The summed E-state index contributed by atoms with van der Waals surface area (Å²) >= 11 is 0. The molecule has 4 rings (SSSR count). The van der Waals surface area contributed by atoms with Gasteiger partial charge in [-0.3, -0.25) is 9.59 Å². The maximum atomic E-state index is 13.8. The van der Waals surface area contributed by atoms with E-state index in [9.17, 15) is 27.2 Å². The Hall–Kier alpha value is -3.58. The normalized spacial score (nSPS) is 17.6. The quantitative estimate of drug-likeness (QED) is 0.328. The molecule has 1 saturated carbocycles. The topological polar surface area (TPSA) is 125 Å². The van der Waals surface area contributed by atoms with Crippen LogP contribution in [0, 0.1) is 12.8 Å². The van der Waals surface area contributed by atoms with Crippen molar-refractivity contribution in [2.24, 2.45) is 5.92 Å². The van der Waals surface area contributed by atoms with Gasteiger partial charge in [0.1, 0.15) is 5.69 Å². The lowest BCUT2D eigenvalue weighted by atomic mass is 9.81. The predicted octanol–water partition coefficient (Wildman–Crippen LogP) is 4.02. The number of amides is 1. The van der Waals surface area contributed by atoms with Crippen LogP contribution in [0.4, 0.5) is 17.6 Å². The first-order valence-corrected chi connectivity index (χ1v) is 11.9. The van der Waals surface area contributed by atoms with Crippen molar-refractivity contribution in [3.8, 4) is 0 Å². The molecule has 10 nitrogen and oxygen atoms in total. The highest BCUT2D eigenvalue weighted by molar-refractivity contribution is 5.93. The molecular weight excluding hydrogens is 500 g/mol. The summed E-state index contributed by atoms with van der Waals surface area (Å²) < 4.78 is 64.9. The number of nitrogens with one attached hydrogen (secondary N) is 1. The third kappa shape index (κ3) is 6.05. The third-order valence-electron chi connectivity index (χ3n) is 6.45. The molecule has 37 heavy (non-hydrogen) atoms. The fourth-order valence-corrected chi connectivity index (χ4v) is 4.52. The molecule has 200 valence electrons. The number of carbonyl (C=O) groups is 2. The van der Waals surface area contributed by atoms with E-state index >= 15 is 0 Å². The van der Waals surface area contributed by atoms with E-state index in [1.165, 1.54) is 29.9 Å². The number of halogens is 4. The van der Waals surface area contributed by atoms with Gasteiger partial charge in [0.25, 0.3) is 5.91 Å². The van der Waals surface area contributed by atoms with Gasteiger partial charge < -0.3 is 10.1 Å². The summed E-state index contributed by atoms with van der Waals surface area (Å²) in [6.45, 7) is 3.15. The molecule has 0 bridgehead atoms. The number of aromatic nitrogens is 5. The molecule has 3 aromatic heterocycles. The average molecular weight is 526 g/mol. The largest absolute Gasteiger partial charge is 0.466 e. The van der Waals surface area contributed by atoms with Crippen LogP contribution >= 0.6 is 0 Å². The Labute approximate surface area is 208 Å². The molecule has 3 heterocycles. The van der Waals surface area contributed by atoms with Crippen LogP contribution in [0.3, 0.4) is 0 Å². The van der Waals surface area contributed by atoms with E-state index in [-0.39, 0.29) is 60.8 Å². The summed E-state index contributed by atoms with van der Waals surface area (Å²) in [6, 6.07) is 0.673. The minimum absolute atomic E-state index is 0.0318. The van der Waals surface area contributed by atoms with Crippen molar-refractivity contribution in [1.82, 2.24) is 30.2 Å². The van der Waals surface area contributed by atoms with Crippen LogP contribution in [0.5, 0.6) is 0 Å². The lowest BCUT2D eigenvalue weighted by molar-refractivity contribution is -0.146. The number of imidazole rings is 1. The Kier molecular flexibility index (Phi) is 7.73. The number of ether oxygens (including phenoxy) is 1. The predicted molar refractivity (Wildman–Crippen MR) is 119 cm³/mol. The van der Waals surface area contributed by atoms with Crippen molar-refractivity contribution < 1.29 is 36.5 Å².